The first-order valence-corrected chi connectivity index (χ1v) is 6.27. The highest BCUT2D eigenvalue weighted by Crippen LogP contribution is 2.30. The third kappa shape index (κ3) is 2.45. The number of nitrogens with two attached hydrogens (primary N) is 1. The molecule has 1 atom stereocenters. The lowest BCUT2D eigenvalue weighted by Crippen LogP contribution is -2.65. The highest BCUT2D eigenvalue weighted by molar-refractivity contribution is 5.50. The van der Waals surface area contributed by atoms with Crippen LogP contribution in [0.15, 0.2) is 30.3 Å². The fraction of sp³-hybridized carbons (Fsp3) is 0.571. The van der Waals surface area contributed by atoms with Gasteiger partial charge in [0, 0.05) is 30.9 Å². The summed E-state index contributed by atoms with van der Waals surface area (Å²) in [6, 6.07) is 11.0. The van der Waals surface area contributed by atoms with E-state index in [2.05, 4.69) is 61.0 Å². The molecule has 1 aliphatic rings. The average molecular weight is 233 g/mol. The Kier molecular flexibility index (Phi) is 3.40. The summed E-state index contributed by atoms with van der Waals surface area (Å²) >= 11 is 0. The van der Waals surface area contributed by atoms with Crippen LogP contribution >= 0.6 is 0 Å². The van der Waals surface area contributed by atoms with Crippen molar-refractivity contribution in [2.45, 2.75) is 25.4 Å². The van der Waals surface area contributed by atoms with Crippen molar-refractivity contribution in [3.8, 4) is 0 Å². The molecule has 0 radical (unpaired) electrons. The number of para-hydroxylation sites is 1. The second kappa shape index (κ2) is 4.67. The first-order chi connectivity index (χ1) is 8.04. The van der Waals surface area contributed by atoms with Gasteiger partial charge in [-0.3, -0.25) is 0 Å². The minimum atomic E-state index is 0.123. The zero-order valence-corrected chi connectivity index (χ0v) is 11.1. The molecule has 1 aromatic carbocycles. The van der Waals surface area contributed by atoms with E-state index in [0.717, 1.165) is 13.1 Å². The zero-order valence-electron chi connectivity index (χ0n) is 11.1. The Labute approximate surface area is 104 Å². The number of hydrogen-bond acceptors (Lipinski definition) is 3. The summed E-state index contributed by atoms with van der Waals surface area (Å²) in [6.07, 6.45) is 0. The Morgan fingerprint density at radius 2 is 1.94 bits per heavy atom. The van der Waals surface area contributed by atoms with Crippen LogP contribution in [0.2, 0.25) is 0 Å². The van der Waals surface area contributed by atoms with Crippen molar-refractivity contribution in [2.24, 2.45) is 5.73 Å². The summed E-state index contributed by atoms with van der Waals surface area (Å²) in [5.41, 5.74) is 7.35. The van der Waals surface area contributed by atoms with Crippen LogP contribution < -0.4 is 10.6 Å². The highest BCUT2D eigenvalue weighted by atomic mass is 15.3. The largest absolute Gasteiger partial charge is 0.360 e. The molecule has 3 heteroatoms. The summed E-state index contributed by atoms with van der Waals surface area (Å²) in [5.74, 6) is 0. The van der Waals surface area contributed by atoms with Gasteiger partial charge in [-0.25, -0.2) is 0 Å². The number of rotatable bonds is 2. The average Bonchev–Trinajstić information content (AvgIpc) is 2.27. The maximum absolute atomic E-state index is 5.95. The molecular weight excluding hydrogens is 210 g/mol. The summed E-state index contributed by atoms with van der Waals surface area (Å²) in [4.78, 5) is 4.85. The first-order valence-electron chi connectivity index (χ1n) is 6.27. The van der Waals surface area contributed by atoms with E-state index in [0.29, 0.717) is 12.6 Å². The predicted octanol–water partition coefficient (Wildman–Crippen LogP) is 1.54. The maximum Gasteiger partial charge on any atom is 0.0545 e. The summed E-state index contributed by atoms with van der Waals surface area (Å²) in [7, 11) is 2.17. The predicted molar refractivity (Wildman–Crippen MR) is 73.3 cm³/mol. The standard InChI is InChI=1S/C14H23N3/c1-14(2)11-16(3)10-13(9-15)17(14)12-7-5-4-6-8-12/h4-8,13H,9-11,15H2,1-3H3. The van der Waals surface area contributed by atoms with Crippen LogP contribution in [-0.4, -0.2) is 43.2 Å². The van der Waals surface area contributed by atoms with E-state index >= 15 is 0 Å². The van der Waals surface area contributed by atoms with E-state index in [9.17, 15) is 0 Å². The van der Waals surface area contributed by atoms with Crippen molar-refractivity contribution < 1.29 is 0 Å². The van der Waals surface area contributed by atoms with Crippen molar-refractivity contribution >= 4 is 5.69 Å². The zero-order chi connectivity index (χ0) is 12.5. The van der Waals surface area contributed by atoms with Crippen LogP contribution in [0.1, 0.15) is 13.8 Å². The Bertz CT molecular complexity index is 361. The molecular formula is C14H23N3. The van der Waals surface area contributed by atoms with Crippen LogP contribution in [0.25, 0.3) is 0 Å². The quantitative estimate of drug-likeness (QED) is 0.841. The molecule has 17 heavy (non-hydrogen) atoms. The van der Waals surface area contributed by atoms with E-state index < -0.39 is 0 Å². The van der Waals surface area contributed by atoms with Gasteiger partial charge in [0.2, 0.25) is 0 Å². The number of anilines is 1. The van der Waals surface area contributed by atoms with Gasteiger partial charge in [-0.15, -0.1) is 0 Å². The summed E-state index contributed by atoms with van der Waals surface area (Å²) in [6.45, 7) is 7.38. The van der Waals surface area contributed by atoms with Gasteiger partial charge in [0.05, 0.1) is 6.04 Å². The third-order valence-corrected chi connectivity index (χ3v) is 3.50. The lowest BCUT2D eigenvalue weighted by atomic mass is 9.94. The molecule has 1 heterocycles. The van der Waals surface area contributed by atoms with E-state index in [1.807, 2.05) is 0 Å². The first kappa shape index (κ1) is 12.4. The van der Waals surface area contributed by atoms with Crippen LogP contribution in [0.5, 0.6) is 0 Å². The van der Waals surface area contributed by atoms with Gasteiger partial charge >= 0.3 is 0 Å². The summed E-state index contributed by atoms with van der Waals surface area (Å²) in [5, 5.41) is 0. The van der Waals surface area contributed by atoms with E-state index in [1.165, 1.54) is 5.69 Å². The van der Waals surface area contributed by atoms with Gasteiger partial charge in [0.25, 0.3) is 0 Å². The smallest absolute Gasteiger partial charge is 0.0545 e. The van der Waals surface area contributed by atoms with Crippen molar-refractivity contribution in [2.75, 3.05) is 31.6 Å². The second-order valence-corrected chi connectivity index (χ2v) is 5.60. The van der Waals surface area contributed by atoms with Crippen LogP contribution in [0.3, 0.4) is 0 Å². The maximum atomic E-state index is 5.95. The number of nitrogens with zero attached hydrogens (tertiary/aromatic N) is 2. The molecule has 0 aliphatic carbocycles. The molecule has 1 aromatic rings. The van der Waals surface area contributed by atoms with Crippen LogP contribution in [-0.2, 0) is 0 Å². The molecule has 0 saturated carbocycles. The Balaban J connectivity index is 2.34. The normalized spacial score (nSPS) is 24.9. The van der Waals surface area contributed by atoms with Gasteiger partial charge < -0.3 is 15.5 Å². The number of piperazine rings is 1. The highest BCUT2D eigenvalue weighted by Gasteiger charge is 2.37. The topological polar surface area (TPSA) is 32.5 Å². The SMILES string of the molecule is CN1CC(CN)N(c2ccccc2)C(C)(C)C1. The third-order valence-electron chi connectivity index (χ3n) is 3.50. The minimum absolute atomic E-state index is 0.123. The molecule has 1 saturated heterocycles. The van der Waals surface area contributed by atoms with Gasteiger partial charge in [-0.05, 0) is 33.0 Å². The molecule has 2 N–H and O–H groups in total. The number of likely N-dealkylation sites (N-methyl/N-ethyl adjacent to an activating group) is 1. The minimum Gasteiger partial charge on any atom is -0.360 e. The molecule has 0 spiro atoms. The lowest BCUT2D eigenvalue weighted by Gasteiger charge is -2.52. The number of benzene rings is 1. The lowest BCUT2D eigenvalue weighted by molar-refractivity contribution is 0.182. The number of hydrogen-bond donors (Lipinski definition) is 1. The molecule has 94 valence electrons. The van der Waals surface area contributed by atoms with Crippen LogP contribution in [0.4, 0.5) is 5.69 Å². The summed E-state index contributed by atoms with van der Waals surface area (Å²) < 4.78 is 0. The molecule has 1 aliphatic heterocycles. The molecule has 2 rings (SSSR count). The molecule has 0 amide bonds. The van der Waals surface area contributed by atoms with E-state index in [1.54, 1.807) is 0 Å². The monoisotopic (exact) mass is 233 g/mol. The van der Waals surface area contributed by atoms with Gasteiger partial charge in [0.15, 0.2) is 0 Å². The van der Waals surface area contributed by atoms with Crippen molar-refractivity contribution in [3.05, 3.63) is 30.3 Å². The molecule has 1 fully saturated rings. The van der Waals surface area contributed by atoms with E-state index in [-0.39, 0.29) is 5.54 Å². The van der Waals surface area contributed by atoms with Crippen molar-refractivity contribution in [3.63, 3.8) is 0 Å². The van der Waals surface area contributed by atoms with Gasteiger partial charge in [-0.1, -0.05) is 18.2 Å². The molecule has 3 nitrogen and oxygen atoms in total. The van der Waals surface area contributed by atoms with Crippen LogP contribution in [0, 0.1) is 0 Å². The van der Waals surface area contributed by atoms with Crippen molar-refractivity contribution in [1.82, 2.24) is 4.90 Å². The Morgan fingerprint density at radius 3 is 2.53 bits per heavy atom. The van der Waals surface area contributed by atoms with Gasteiger partial charge in [-0.2, -0.15) is 0 Å². The fourth-order valence-corrected chi connectivity index (χ4v) is 3.07. The van der Waals surface area contributed by atoms with Gasteiger partial charge in [0.1, 0.15) is 0 Å². The Hall–Kier alpha value is -1.06. The molecule has 0 bridgehead atoms. The fourth-order valence-electron chi connectivity index (χ4n) is 3.07. The van der Waals surface area contributed by atoms with E-state index in [4.69, 9.17) is 5.73 Å². The second-order valence-electron chi connectivity index (χ2n) is 5.60. The molecule has 1 unspecified atom stereocenters. The Morgan fingerprint density at radius 1 is 1.29 bits per heavy atom. The van der Waals surface area contributed by atoms with Crippen molar-refractivity contribution in [1.29, 1.82) is 0 Å². The molecule has 0 aromatic heterocycles.